The molecule has 1 saturated heterocycles. The van der Waals surface area contributed by atoms with Gasteiger partial charge in [0.05, 0.1) is 17.9 Å². The summed E-state index contributed by atoms with van der Waals surface area (Å²) in [4.78, 5) is 26.2. The third-order valence-corrected chi connectivity index (χ3v) is 6.44. The lowest BCUT2D eigenvalue weighted by atomic mass is 10.0. The van der Waals surface area contributed by atoms with Crippen LogP contribution >= 0.6 is 11.8 Å². The standard InChI is InChI=1S/C23H24FN5O2S/c24-18-11-5-4-10-17(18)22-26-27-23(29(22)14-16-8-2-1-3-9-16)32-15-20(30)28-13-7-6-12-19(28)21(25)31/h1-5,8-11,19H,6-7,12-15H2,(H2,25,31). The molecule has 166 valence electrons. The van der Waals surface area contributed by atoms with Crippen molar-refractivity contribution in [1.82, 2.24) is 19.7 Å². The molecule has 1 fully saturated rings. The molecule has 2 amide bonds. The number of amides is 2. The van der Waals surface area contributed by atoms with Crippen LogP contribution in [0.4, 0.5) is 4.39 Å². The number of primary amides is 1. The van der Waals surface area contributed by atoms with Gasteiger partial charge in [0.15, 0.2) is 11.0 Å². The smallest absolute Gasteiger partial charge is 0.240 e. The monoisotopic (exact) mass is 453 g/mol. The average molecular weight is 454 g/mol. The summed E-state index contributed by atoms with van der Waals surface area (Å²) in [7, 11) is 0. The number of aromatic nitrogens is 3. The Kier molecular flexibility index (Phi) is 6.84. The number of thioether (sulfide) groups is 1. The van der Waals surface area contributed by atoms with Crippen molar-refractivity contribution in [2.75, 3.05) is 12.3 Å². The fraction of sp³-hybridized carbons (Fsp3) is 0.304. The summed E-state index contributed by atoms with van der Waals surface area (Å²) in [6.07, 6.45) is 2.32. The van der Waals surface area contributed by atoms with Gasteiger partial charge < -0.3 is 10.6 Å². The number of benzene rings is 2. The van der Waals surface area contributed by atoms with Gasteiger partial charge in [0.25, 0.3) is 0 Å². The topological polar surface area (TPSA) is 94.1 Å². The highest BCUT2D eigenvalue weighted by Gasteiger charge is 2.30. The van der Waals surface area contributed by atoms with E-state index in [1.807, 2.05) is 34.9 Å². The quantitative estimate of drug-likeness (QED) is 0.555. The lowest BCUT2D eigenvalue weighted by Gasteiger charge is -2.33. The van der Waals surface area contributed by atoms with Gasteiger partial charge in [0.1, 0.15) is 11.9 Å². The Morgan fingerprint density at radius 3 is 2.56 bits per heavy atom. The molecule has 3 aromatic rings. The fourth-order valence-electron chi connectivity index (χ4n) is 3.88. The summed E-state index contributed by atoms with van der Waals surface area (Å²) in [6.45, 7) is 0.950. The van der Waals surface area contributed by atoms with Crippen molar-refractivity contribution in [2.45, 2.75) is 37.0 Å². The SMILES string of the molecule is NC(=O)C1CCCCN1C(=O)CSc1nnc(-c2ccccc2F)n1Cc1ccccc1. The van der Waals surface area contributed by atoms with E-state index in [1.165, 1.54) is 17.8 Å². The maximum Gasteiger partial charge on any atom is 0.240 e. The molecule has 2 heterocycles. The van der Waals surface area contributed by atoms with Crippen molar-refractivity contribution < 1.29 is 14.0 Å². The van der Waals surface area contributed by atoms with Crippen LogP contribution in [0.15, 0.2) is 59.8 Å². The minimum absolute atomic E-state index is 0.0912. The molecule has 1 atom stereocenters. The van der Waals surface area contributed by atoms with Crippen molar-refractivity contribution in [2.24, 2.45) is 5.73 Å². The molecule has 1 aliphatic rings. The molecule has 1 aliphatic heterocycles. The second kappa shape index (κ2) is 9.95. The molecule has 0 aliphatic carbocycles. The molecule has 1 unspecified atom stereocenters. The molecule has 2 aromatic carbocycles. The van der Waals surface area contributed by atoms with E-state index >= 15 is 0 Å². The minimum atomic E-state index is -0.562. The van der Waals surface area contributed by atoms with Gasteiger partial charge in [-0.25, -0.2) is 4.39 Å². The Balaban J connectivity index is 1.59. The molecule has 9 heteroatoms. The first-order valence-electron chi connectivity index (χ1n) is 10.5. The highest BCUT2D eigenvalue weighted by atomic mass is 32.2. The van der Waals surface area contributed by atoms with Gasteiger partial charge in [0.2, 0.25) is 11.8 Å². The third kappa shape index (κ3) is 4.83. The van der Waals surface area contributed by atoms with Crippen LogP contribution in [0.2, 0.25) is 0 Å². The third-order valence-electron chi connectivity index (χ3n) is 5.49. The van der Waals surface area contributed by atoms with Crippen molar-refractivity contribution >= 4 is 23.6 Å². The van der Waals surface area contributed by atoms with E-state index < -0.39 is 11.9 Å². The van der Waals surface area contributed by atoms with Crippen LogP contribution in [0.1, 0.15) is 24.8 Å². The summed E-state index contributed by atoms with van der Waals surface area (Å²) < 4.78 is 16.3. The predicted molar refractivity (Wildman–Crippen MR) is 120 cm³/mol. The van der Waals surface area contributed by atoms with Crippen LogP contribution in [0.25, 0.3) is 11.4 Å². The van der Waals surface area contributed by atoms with Crippen LogP contribution < -0.4 is 5.73 Å². The molecule has 0 spiro atoms. The zero-order valence-electron chi connectivity index (χ0n) is 17.5. The van der Waals surface area contributed by atoms with Crippen LogP contribution in [0.5, 0.6) is 0 Å². The van der Waals surface area contributed by atoms with Gasteiger partial charge in [-0.1, -0.05) is 54.2 Å². The van der Waals surface area contributed by atoms with Gasteiger partial charge in [-0.2, -0.15) is 0 Å². The summed E-state index contributed by atoms with van der Waals surface area (Å²) in [5.41, 5.74) is 6.84. The second-order valence-corrected chi connectivity index (χ2v) is 8.59. The number of halogens is 1. The van der Waals surface area contributed by atoms with Gasteiger partial charge in [0, 0.05) is 6.54 Å². The first-order valence-corrected chi connectivity index (χ1v) is 11.5. The number of rotatable bonds is 7. The van der Waals surface area contributed by atoms with Gasteiger partial charge in [-0.15, -0.1) is 10.2 Å². The molecule has 0 bridgehead atoms. The number of carbonyl (C=O) groups is 2. The molecule has 32 heavy (non-hydrogen) atoms. The van der Waals surface area contributed by atoms with E-state index in [4.69, 9.17) is 5.73 Å². The van der Waals surface area contributed by atoms with Crippen LogP contribution in [0, 0.1) is 5.82 Å². The molecule has 2 N–H and O–H groups in total. The highest BCUT2D eigenvalue weighted by molar-refractivity contribution is 7.99. The Morgan fingerprint density at radius 2 is 1.81 bits per heavy atom. The molecule has 0 saturated carbocycles. The van der Waals surface area contributed by atoms with Crippen molar-refractivity contribution in [1.29, 1.82) is 0 Å². The van der Waals surface area contributed by atoms with Crippen LogP contribution in [-0.2, 0) is 16.1 Å². The maximum absolute atomic E-state index is 14.5. The molecule has 7 nitrogen and oxygen atoms in total. The van der Waals surface area contributed by atoms with E-state index in [0.29, 0.717) is 36.1 Å². The van der Waals surface area contributed by atoms with Gasteiger partial charge in [-0.05, 0) is 37.0 Å². The molecule has 4 rings (SSSR count). The number of carbonyl (C=O) groups excluding carboxylic acids is 2. The van der Waals surface area contributed by atoms with E-state index in [1.54, 1.807) is 23.1 Å². The number of nitrogens with two attached hydrogens (primary N) is 1. The number of piperidine rings is 1. The molecular weight excluding hydrogens is 429 g/mol. The number of likely N-dealkylation sites (tertiary alicyclic amines) is 1. The predicted octanol–water partition coefficient (Wildman–Crippen LogP) is 3.09. The normalized spacial score (nSPS) is 16.2. The zero-order chi connectivity index (χ0) is 22.5. The fourth-order valence-corrected chi connectivity index (χ4v) is 4.70. The molecule has 0 radical (unpaired) electrons. The lowest BCUT2D eigenvalue weighted by Crippen LogP contribution is -2.51. The van der Waals surface area contributed by atoms with Crippen LogP contribution in [0.3, 0.4) is 0 Å². The second-order valence-electron chi connectivity index (χ2n) is 7.65. The van der Waals surface area contributed by atoms with Crippen molar-refractivity contribution in [3.05, 3.63) is 66.0 Å². The Bertz CT molecular complexity index is 1100. The molecular formula is C23H24FN5O2S. The zero-order valence-corrected chi connectivity index (χ0v) is 18.3. The number of hydrogen-bond acceptors (Lipinski definition) is 5. The number of nitrogens with zero attached hydrogens (tertiary/aromatic N) is 4. The Labute approximate surface area is 189 Å². The van der Waals surface area contributed by atoms with E-state index in [0.717, 1.165) is 18.4 Å². The first kappa shape index (κ1) is 22.0. The summed E-state index contributed by atoms with van der Waals surface area (Å²) in [5.74, 6) is -0.541. The van der Waals surface area contributed by atoms with Crippen molar-refractivity contribution in [3.63, 3.8) is 0 Å². The minimum Gasteiger partial charge on any atom is -0.368 e. The Morgan fingerprint density at radius 1 is 1.06 bits per heavy atom. The van der Waals surface area contributed by atoms with E-state index in [9.17, 15) is 14.0 Å². The number of hydrogen-bond donors (Lipinski definition) is 1. The van der Waals surface area contributed by atoms with Crippen molar-refractivity contribution in [3.8, 4) is 11.4 Å². The van der Waals surface area contributed by atoms with Gasteiger partial charge >= 0.3 is 0 Å². The van der Waals surface area contributed by atoms with Crippen LogP contribution in [-0.4, -0.2) is 49.8 Å². The largest absolute Gasteiger partial charge is 0.368 e. The van der Waals surface area contributed by atoms with Gasteiger partial charge in [-0.3, -0.25) is 14.2 Å². The highest BCUT2D eigenvalue weighted by Crippen LogP contribution is 2.28. The average Bonchev–Trinajstić information content (AvgIpc) is 3.20. The lowest BCUT2D eigenvalue weighted by molar-refractivity contribution is -0.138. The summed E-state index contributed by atoms with van der Waals surface area (Å²) >= 11 is 1.23. The van der Waals surface area contributed by atoms with E-state index in [-0.39, 0.29) is 17.5 Å². The van der Waals surface area contributed by atoms with E-state index in [2.05, 4.69) is 10.2 Å². The summed E-state index contributed by atoms with van der Waals surface area (Å²) in [5, 5.41) is 8.99. The molecule has 1 aromatic heterocycles. The Hall–Kier alpha value is -3.20. The first-order chi connectivity index (χ1) is 15.5. The maximum atomic E-state index is 14.5. The summed E-state index contributed by atoms with van der Waals surface area (Å²) in [6, 6.07) is 15.6.